The third-order valence-corrected chi connectivity index (χ3v) is 7.13. The molecule has 0 aromatic heterocycles. The maximum atomic E-state index is 12.0. The molecule has 0 saturated heterocycles. The van der Waals surface area contributed by atoms with Gasteiger partial charge in [0.05, 0.1) is 42.7 Å². The Balaban J connectivity index is 0.00000119. The topological polar surface area (TPSA) is 164 Å². The summed E-state index contributed by atoms with van der Waals surface area (Å²) in [5.74, 6) is -2.96. The summed E-state index contributed by atoms with van der Waals surface area (Å²) in [5.41, 5.74) is 4.81. The predicted octanol–water partition coefficient (Wildman–Crippen LogP) is 2.63. The van der Waals surface area contributed by atoms with Crippen molar-refractivity contribution in [3.05, 3.63) is 103 Å². The molecule has 0 amide bonds. The van der Waals surface area contributed by atoms with Crippen LogP contribution < -0.4 is 9.80 Å². The smallest absolute Gasteiger partial charge is 0.164 e. The zero-order valence-electron chi connectivity index (χ0n) is 29.8. The minimum atomic E-state index is -0.495. The van der Waals surface area contributed by atoms with E-state index in [1.807, 2.05) is 72.8 Å². The van der Waals surface area contributed by atoms with Crippen LogP contribution in [0, 0.1) is 13.8 Å². The minimum Gasteiger partial charge on any atom is -0.492 e. The Bertz CT molecular complexity index is 1490. The third kappa shape index (κ3) is 15.8. The van der Waals surface area contributed by atoms with Gasteiger partial charge in [0.15, 0.2) is 11.9 Å². The molecule has 2 aromatic carbocycles. The zero-order valence-corrected chi connectivity index (χ0v) is 30.8. The van der Waals surface area contributed by atoms with Crippen molar-refractivity contribution >= 4 is 57.3 Å². The molecule has 1 aliphatic rings. The fraction of sp³-hybridized carbons (Fsp3) is 0.270. The molecule has 2 aromatic rings. The number of carbonyl (C=O) groups excluding carboxylic acids is 6. The first kappa shape index (κ1) is 44.2. The number of nitrogens with zero attached hydrogens (tertiary/aromatic N) is 2. The Labute approximate surface area is 310 Å². The fourth-order valence-electron chi connectivity index (χ4n) is 4.14. The number of ether oxygens (including phenoxy) is 6. The zero-order chi connectivity index (χ0) is 39.2. The number of hydrogen-bond acceptors (Lipinski definition) is 14. The molecule has 15 heteroatoms. The fourth-order valence-corrected chi connectivity index (χ4v) is 4.31. The minimum absolute atomic E-state index is 0.127. The summed E-state index contributed by atoms with van der Waals surface area (Å²) in [6.45, 7) is 5.28. The van der Waals surface area contributed by atoms with Gasteiger partial charge in [-0.3, -0.25) is 42.6 Å². The largest absolute Gasteiger partial charge is 0.492 e. The Morgan fingerprint density at radius 3 is 1.00 bits per heavy atom. The molecular formula is C37H42N2NiO12-2. The van der Waals surface area contributed by atoms with Crippen molar-refractivity contribution in [2.24, 2.45) is 0 Å². The number of methoxy groups -OCH3 is 6. The maximum Gasteiger partial charge on any atom is 0.164 e. The number of benzene rings is 2. The molecule has 52 heavy (non-hydrogen) atoms. The molecule has 0 radical (unpaired) electrons. The van der Waals surface area contributed by atoms with Crippen molar-refractivity contribution in [2.75, 3.05) is 78.6 Å². The monoisotopic (exact) mass is 764 g/mol. The van der Waals surface area contributed by atoms with Gasteiger partial charge >= 0.3 is 186 Å². The number of rotatable bonds is 12. The van der Waals surface area contributed by atoms with Gasteiger partial charge in [-0.15, -0.1) is 0 Å². The number of esters is 6. The summed E-state index contributed by atoms with van der Waals surface area (Å²) in [4.78, 5) is 70.0. The third-order valence-electron chi connectivity index (χ3n) is 6.80. The van der Waals surface area contributed by atoms with Crippen LogP contribution in [0.15, 0.2) is 78.4 Å². The number of anilines is 2. The standard InChI is InChI=1S/C31H32N2O8.2C3H5O2.Ni/c1-38-27(34)18-32(19-28(35)39-2)25-14-10-23(11-15-25)31(22-8-6-5-7-9-22)24-12-16-26(17-13-24)33(20-29(36)40-3)21-30(37)41-4;2*1-3(4)5-2;/h6-17H,18-21H2,1-4H3;2*1H2,2H3;/q;2*-1;. The van der Waals surface area contributed by atoms with E-state index in [4.69, 9.17) is 34.0 Å². The van der Waals surface area contributed by atoms with Crippen molar-refractivity contribution in [1.82, 2.24) is 0 Å². The molecule has 14 nitrogen and oxygen atoms in total. The van der Waals surface area contributed by atoms with E-state index in [-0.39, 0.29) is 26.2 Å². The van der Waals surface area contributed by atoms with Crippen LogP contribution in [0.2, 0.25) is 0 Å². The van der Waals surface area contributed by atoms with Crippen LogP contribution >= 0.6 is 0 Å². The van der Waals surface area contributed by atoms with Crippen molar-refractivity contribution in [1.29, 1.82) is 0 Å². The maximum absolute atomic E-state index is 12.0. The first-order valence-corrected chi connectivity index (χ1v) is 15.6. The SMILES string of the molecule is COC(=O)CN(CC(=O)OC)c1ccc(C(=C2C=C[C](=[Ni])C=C2)c2ccc(N(CC(=O)OC)CC(=O)OC)cc2)cc1.[CH2-]C(=O)OC.[CH2-]C(=O)OC. The molecule has 1 aliphatic carbocycles. The Hall–Kier alpha value is -5.82. The van der Waals surface area contributed by atoms with E-state index in [9.17, 15) is 28.8 Å². The molecule has 0 saturated carbocycles. The molecule has 0 atom stereocenters. The van der Waals surface area contributed by atoms with E-state index >= 15 is 0 Å². The first-order valence-electron chi connectivity index (χ1n) is 15.1. The molecule has 3 rings (SSSR count). The van der Waals surface area contributed by atoms with Gasteiger partial charge < -0.3 is 28.4 Å². The Kier molecular flexibility index (Phi) is 20.0. The van der Waals surface area contributed by atoms with Crippen molar-refractivity contribution < 1.29 is 72.2 Å². The van der Waals surface area contributed by atoms with Gasteiger partial charge in [0.25, 0.3) is 0 Å². The van der Waals surface area contributed by atoms with Crippen molar-refractivity contribution in [3.63, 3.8) is 0 Å². The van der Waals surface area contributed by atoms with Gasteiger partial charge in [-0.25, -0.2) is 0 Å². The van der Waals surface area contributed by atoms with Gasteiger partial charge in [0, 0.05) is 0 Å². The summed E-state index contributed by atoms with van der Waals surface area (Å²) < 4.78 is 27.9. The average Bonchev–Trinajstić information content (AvgIpc) is 3.15. The van der Waals surface area contributed by atoms with Gasteiger partial charge in [0.2, 0.25) is 0 Å². The van der Waals surface area contributed by atoms with E-state index in [2.05, 4.69) is 23.3 Å². The van der Waals surface area contributed by atoms with Crippen LogP contribution in [-0.2, 0) is 72.2 Å². The molecule has 0 bridgehead atoms. The van der Waals surface area contributed by atoms with E-state index in [0.717, 1.165) is 26.8 Å². The van der Waals surface area contributed by atoms with Crippen LogP contribution in [0.3, 0.4) is 0 Å². The van der Waals surface area contributed by atoms with Crippen LogP contribution in [-0.4, -0.2) is 109 Å². The van der Waals surface area contributed by atoms with Gasteiger partial charge in [-0.2, -0.15) is 0 Å². The van der Waals surface area contributed by atoms with Crippen molar-refractivity contribution in [3.8, 4) is 0 Å². The van der Waals surface area contributed by atoms with Crippen LogP contribution in [0.5, 0.6) is 0 Å². The van der Waals surface area contributed by atoms with Gasteiger partial charge in [0.1, 0.15) is 0 Å². The second-order valence-electron chi connectivity index (χ2n) is 10.1. The molecular weight excluding hydrogens is 723 g/mol. The normalized spacial score (nSPS) is 10.9. The van der Waals surface area contributed by atoms with E-state index < -0.39 is 35.8 Å². The Morgan fingerprint density at radius 1 is 0.500 bits per heavy atom. The van der Waals surface area contributed by atoms with Gasteiger partial charge in [-0.05, 0) is 0 Å². The summed E-state index contributed by atoms with van der Waals surface area (Å²) >= 11 is 4.96. The van der Waals surface area contributed by atoms with Crippen LogP contribution in [0.4, 0.5) is 11.4 Å². The molecule has 0 aliphatic heterocycles. The van der Waals surface area contributed by atoms with Crippen LogP contribution in [0.1, 0.15) is 11.1 Å². The van der Waals surface area contributed by atoms with E-state index in [0.29, 0.717) is 11.4 Å². The number of carbonyl (C=O) groups is 6. The molecule has 0 N–H and O–H groups in total. The number of allylic oxidation sites excluding steroid dienone is 5. The average molecular weight is 765 g/mol. The van der Waals surface area contributed by atoms with E-state index in [1.165, 1.54) is 42.7 Å². The summed E-state index contributed by atoms with van der Waals surface area (Å²) in [6.07, 6.45) is 7.61. The summed E-state index contributed by atoms with van der Waals surface area (Å²) in [6, 6.07) is 14.8. The molecule has 284 valence electrons. The second kappa shape index (κ2) is 23.6. The first-order chi connectivity index (χ1) is 24.7. The van der Waals surface area contributed by atoms with Crippen molar-refractivity contribution in [2.45, 2.75) is 0 Å². The van der Waals surface area contributed by atoms with E-state index in [1.54, 1.807) is 9.80 Å². The molecule has 0 fully saturated rings. The predicted molar refractivity (Wildman–Crippen MR) is 189 cm³/mol. The van der Waals surface area contributed by atoms with Crippen LogP contribution in [0.25, 0.3) is 5.57 Å². The Morgan fingerprint density at radius 2 is 0.769 bits per heavy atom. The second-order valence-corrected chi connectivity index (χ2v) is 10.7. The molecule has 0 heterocycles. The molecule has 0 unspecified atom stereocenters. The molecule has 0 spiro atoms. The number of hydrogen-bond donors (Lipinski definition) is 0. The quantitative estimate of drug-likeness (QED) is 0.134. The van der Waals surface area contributed by atoms with Gasteiger partial charge in [-0.1, -0.05) is 0 Å². The summed E-state index contributed by atoms with van der Waals surface area (Å²) in [5, 5.41) is 0. The summed E-state index contributed by atoms with van der Waals surface area (Å²) in [7, 11) is 7.71.